The maximum atomic E-state index is 7.29. The zero-order valence-corrected chi connectivity index (χ0v) is 42.0. The van der Waals surface area contributed by atoms with E-state index in [0.717, 1.165) is 55.7 Å². The van der Waals surface area contributed by atoms with Gasteiger partial charge in [0.1, 0.15) is 11.2 Å². The number of hydrogen-bond acceptors (Lipinski definition) is 2. The van der Waals surface area contributed by atoms with Crippen LogP contribution in [0.1, 0.15) is 58.4 Å². The van der Waals surface area contributed by atoms with Crippen molar-refractivity contribution < 1.29 is 4.42 Å². The zero-order valence-electron chi connectivity index (χ0n) is 42.0. The van der Waals surface area contributed by atoms with Crippen LogP contribution in [0.3, 0.4) is 0 Å². The first kappa shape index (κ1) is 43.8. The average molecular weight is 948 g/mol. The Hall–Kier alpha value is -8.98. The van der Waals surface area contributed by atoms with E-state index in [2.05, 4.69) is 281 Å². The zero-order chi connectivity index (χ0) is 49.7. The van der Waals surface area contributed by atoms with Gasteiger partial charge in [0.05, 0.1) is 5.41 Å². The van der Waals surface area contributed by atoms with Crippen LogP contribution in [0.25, 0.3) is 77.6 Å². The first-order chi connectivity index (χ1) is 36.3. The number of furan rings is 1. The summed E-state index contributed by atoms with van der Waals surface area (Å²) in [6.07, 6.45) is 0. The van der Waals surface area contributed by atoms with Gasteiger partial charge in [0.25, 0.3) is 0 Å². The second kappa shape index (κ2) is 16.8. The first-order valence-electron chi connectivity index (χ1n) is 25.9. The van der Waals surface area contributed by atoms with Gasteiger partial charge in [-0.25, -0.2) is 0 Å². The molecule has 12 aromatic rings. The van der Waals surface area contributed by atoms with Gasteiger partial charge in [0.15, 0.2) is 0 Å². The molecule has 2 aliphatic rings. The number of rotatable bonds is 8. The van der Waals surface area contributed by atoms with Crippen molar-refractivity contribution in [3.05, 3.63) is 293 Å². The van der Waals surface area contributed by atoms with E-state index in [-0.39, 0.29) is 5.41 Å². The lowest BCUT2D eigenvalue weighted by Crippen LogP contribution is -2.28. The van der Waals surface area contributed by atoms with E-state index in [1.807, 2.05) is 0 Å². The van der Waals surface area contributed by atoms with E-state index >= 15 is 0 Å². The molecule has 2 nitrogen and oxygen atoms in total. The first-order valence-corrected chi connectivity index (χ1v) is 25.9. The van der Waals surface area contributed by atoms with Crippen LogP contribution in [0.15, 0.2) is 253 Å². The second-order valence-electron chi connectivity index (χ2n) is 20.9. The molecule has 0 bridgehead atoms. The summed E-state index contributed by atoms with van der Waals surface area (Å²) in [7, 11) is 0. The summed E-state index contributed by atoms with van der Waals surface area (Å²) in [5.74, 6) is 0. The number of nitrogens with zero attached hydrogens (tertiary/aromatic N) is 1. The number of fused-ring (bicyclic) bond motifs is 9. The van der Waals surface area contributed by atoms with Crippen molar-refractivity contribution >= 4 is 39.0 Å². The van der Waals surface area contributed by atoms with Crippen molar-refractivity contribution in [3.63, 3.8) is 0 Å². The third-order valence-electron chi connectivity index (χ3n) is 16.3. The minimum Gasteiger partial charge on any atom is -0.455 e. The fourth-order valence-corrected chi connectivity index (χ4v) is 12.8. The summed E-state index contributed by atoms with van der Waals surface area (Å²) in [6.45, 7) is 9.16. The summed E-state index contributed by atoms with van der Waals surface area (Å²) >= 11 is 0. The molecule has 14 rings (SSSR count). The molecule has 0 saturated carbocycles. The van der Waals surface area contributed by atoms with E-state index in [1.54, 1.807) is 0 Å². The smallest absolute Gasteiger partial charge is 0.143 e. The van der Waals surface area contributed by atoms with Crippen molar-refractivity contribution in [1.82, 2.24) is 0 Å². The van der Waals surface area contributed by atoms with E-state index in [9.17, 15) is 0 Å². The molecule has 0 spiro atoms. The molecule has 0 radical (unpaired) electrons. The van der Waals surface area contributed by atoms with Gasteiger partial charge in [-0.2, -0.15) is 0 Å². The minimum absolute atomic E-state index is 0.127. The van der Waals surface area contributed by atoms with E-state index in [4.69, 9.17) is 4.42 Å². The summed E-state index contributed by atoms with van der Waals surface area (Å²) in [5, 5.41) is 2.21. The Morgan fingerprint density at radius 1 is 0.324 bits per heavy atom. The lowest BCUT2D eigenvalue weighted by atomic mass is 9.67. The SMILES string of the molecule is Cc1ccc2c(c1)C(c1ccccc1)(c1ccccc1)c1cc(C)cc(-c3cccc4c3oc3c(-c5ccc(N(c6ccc(-c7ccccc7)cc6)c6ccc7c(c6)C(C)(C)c6ccccc6-7)cc5)cccc34)c1-2. The topological polar surface area (TPSA) is 16.4 Å². The fourth-order valence-electron chi connectivity index (χ4n) is 12.8. The summed E-state index contributed by atoms with van der Waals surface area (Å²) in [6, 6.07) is 91.8. The molecule has 0 amide bonds. The van der Waals surface area contributed by atoms with Gasteiger partial charge >= 0.3 is 0 Å². The Kier molecular flexibility index (Phi) is 9.94. The van der Waals surface area contributed by atoms with Gasteiger partial charge in [-0.05, 0) is 128 Å². The molecular weight excluding hydrogens is 895 g/mol. The lowest BCUT2D eigenvalue weighted by molar-refractivity contribution is 0.660. The van der Waals surface area contributed by atoms with Gasteiger partial charge < -0.3 is 9.32 Å². The molecule has 2 heteroatoms. The number of aryl methyl sites for hydroxylation is 2. The van der Waals surface area contributed by atoms with Crippen LogP contribution >= 0.6 is 0 Å². The lowest BCUT2D eigenvalue weighted by Gasteiger charge is -2.34. The van der Waals surface area contributed by atoms with Crippen molar-refractivity contribution in [1.29, 1.82) is 0 Å². The highest BCUT2D eigenvalue weighted by atomic mass is 16.3. The van der Waals surface area contributed by atoms with Crippen LogP contribution in [-0.4, -0.2) is 0 Å². The molecule has 352 valence electrons. The average Bonchev–Trinajstić information content (AvgIpc) is 4.10. The van der Waals surface area contributed by atoms with Gasteiger partial charge in [0.2, 0.25) is 0 Å². The van der Waals surface area contributed by atoms with Crippen molar-refractivity contribution in [2.24, 2.45) is 0 Å². The van der Waals surface area contributed by atoms with Crippen LogP contribution in [0, 0.1) is 13.8 Å². The molecule has 0 unspecified atom stereocenters. The monoisotopic (exact) mass is 947 g/mol. The van der Waals surface area contributed by atoms with Crippen LogP contribution in [-0.2, 0) is 10.8 Å². The van der Waals surface area contributed by atoms with E-state index in [0.29, 0.717) is 0 Å². The molecule has 0 atom stereocenters. The van der Waals surface area contributed by atoms with Crippen LogP contribution in [0.4, 0.5) is 17.1 Å². The Labute approximate surface area is 433 Å². The third-order valence-corrected chi connectivity index (χ3v) is 16.3. The van der Waals surface area contributed by atoms with Gasteiger partial charge in [-0.1, -0.05) is 237 Å². The molecule has 74 heavy (non-hydrogen) atoms. The van der Waals surface area contributed by atoms with Crippen LogP contribution in [0.5, 0.6) is 0 Å². The molecule has 1 heterocycles. The molecule has 0 aliphatic heterocycles. The second-order valence-corrected chi connectivity index (χ2v) is 20.9. The van der Waals surface area contributed by atoms with Gasteiger partial charge in [0, 0.05) is 44.4 Å². The quantitative estimate of drug-likeness (QED) is 0.151. The number of hydrogen-bond donors (Lipinski definition) is 0. The number of anilines is 3. The Morgan fingerprint density at radius 3 is 1.51 bits per heavy atom. The normalized spacial score (nSPS) is 13.6. The summed E-state index contributed by atoms with van der Waals surface area (Å²) in [4.78, 5) is 2.40. The maximum absolute atomic E-state index is 7.29. The van der Waals surface area contributed by atoms with Crippen molar-refractivity contribution in [2.45, 2.75) is 38.5 Å². The largest absolute Gasteiger partial charge is 0.455 e. The number of benzene rings is 11. The highest BCUT2D eigenvalue weighted by Gasteiger charge is 2.47. The molecular formula is C72H53NO. The predicted molar refractivity (Wildman–Crippen MR) is 309 cm³/mol. The minimum atomic E-state index is -0.509. The third kappa shape index (κ3) is 6.57. The predicted octanol–water partition coefficient (Wildman–Crippen LogP) is 19.3. The van der Waals surface area contributed by atoms with Gasteiger partial charge in [-0.15, -0.1) is 0 Å². The Morgan fingerprint density at radius 2 is 0.838 bits per heavy atom. The number of para-hydroxylation sites is 2. The highest BCUT2D eigenvalue weighted by molar-refractivity contribution is 6.14. The molecule has 0 N–H and O–H groups in total. The molecule has 2 aliphatic carbocycles. The van der Waals surface area contributed by atoms with Crippen molar-refractivity contribution in [2.75, 3.05) is 4.90 Å². The van der Waals surface area contributed by atoms with E-state index in [1.165, 1.54) is 83.5 Å². The fraction of sp³-hybridized carbons (Fsp3) is 0.0833. The summed E-state index contributed by atoms with van der Waals surface area (Å²) in [5.41, 5.74) is 26.8. The van der Waals surface area contributed by atoms with Crippen molar-refractivity contribution in [3.8, 4) is 55.6 Å². The van der Waals surface area contributed by atoms with Crippen LogP contribution < -0.4 is 4.90 Å². The van der Waals surface area contributed by atoms with E-state index < -0.39 is 5.41 Å². The standard InChI is InChI=1S/C72H53NO/c1-46-30-40-62-66(43-46)72(51-20-10-6-11-21-51,52-22-12-7-13-23-52)67-44-47(2)42-63(68(62)67)61-28-17-27-60-59-26-16-25-56(69(59)74-70(60)61)50-33-37-54(38-34-50)73(53-35-31-49(32-36-53)48-18-8-5-9-19-48)55-39-41-58-57-24-14-15-29-64(57)71(3,4)65(58)45-55/h5-45H,1-4H3. The van der Waals surface area contributed by atoms with Gasteiger partial charge in [-0.3, -0.25) is 0 Å². The molecule has 0 fully saturated rings. The maximum Gasteiger partial charge on any atom is 0.143 e. The molecule has 11 aromatic carbocycles. The van der Waals surface area contributed by atoms with Crippen LogP contribution in [0.2, 0.25) is 0 Å². The molecule has 1 aromatic heterocycles. The summed E-state index contributed by atoms with van der Waals surface area (Å²) < 4.78 is 7.29. The Bertz CT molecular complexity index is 4110. The highest BCUT2D eigenvalue weighted by Crippen LogP contribution is 2.60. The Balaban J connectivity index is 0.903. The molecule has 0 saturated heterocycles.